The molecule has 2 aliphatic rings. The van der Waals surface area contributed by atoms with Gasteiger partial charge < -0.3 is 4.74 Å². The van der Waals surface area contributed by atoms with Crippen molar-refractivity contribution in [3.63, 3.8) is 0 Å². The largest absolute Gasteiger partial charge is 0.491 e. The molecule has 0 saturated heterocycles. The third-order valence-electron chi connectivity index (χ3n) is 8.69. The Balaban J connectivity index is 1.30. The minimum atomic E-state index is -0.711. The fourth-order valence-corrected chi connectivity index (χ4v) is 6.40. The molecule has 2 aromatic carbocycles. The maximum atomic E-state index is 15.1. The molecule has 202 valence electrons. The molecule has 0 spiro atoms. The molecule has 0 amide bonds. The van der Waals surface area contributed by atoms with Crippen LogP contribution in [0.3, 0.4) is 0 Å². The highest BCUT2D eigenvalue weighted by Crippen LogP contribution is 2.40. The minimum Gasteiger partial charge on any atom is -0.491 e. The van der Waals surface area contributed by atoms with Crippen LogP contribution in [-0.4, -0.2) is 6.61 Å². The SMILES string of the molecule is CCCCCC1CCC(c2ccc(C=CC3CCC(c4ccc(OCC)c(F)c4)CC3)c(F)c2F)CC1. The summed E-state index contributed by atoms with van der Waals surface area (Å²) in [6.45, 7) is 4.52. The molecule has 2 saturated carbocycles. The topological polar surface area (TPSA) is 9.23 Å². The maximum absolute atomic E-state index is 15.1. The predicted octanol–water partition coefficient (Wildman–Crippen LogP) is 10.3. The van der Waals surface area contributed by atoms with E-state index in [9.17, 15) is 8.78 Å². The highest BCUT2D eigenvalue weighted by Gasteiger charge is 2.26. The molecule has 0 atom stereocenters. The third kappa shape index (κ3) is 7.21. The van der Waals surface area contributed by atoms with Crippen molar-refractivity contribution in [1.29, 1.82) is 0 Å². The molecule has 1 nitrogen and oxygen atoms in total. The highest BCUT2D eigenvalue weighted by molar-refractivity contribution is 5.52. The molecule has 2 aliphatic carbocycles. The van der Waals surface area contributed by atoms with Crippen LogP contribution < -0.4 is 4.74 Å². The van der Waals surface area contributed by atoms with Crippen molar-refractivity contribution in [3.05, 3.63) is 70.5 Å². The minimum absolute atomic E-state index is 0.137. The van der Waals surface area contributed by atoms with E-state index >= 15 is 4.39 Å². The van der Waals surface area contributed by atoms with Crippen LogP contribution in [0.25, 0.3) is 6.08 Å². The van der Waals surface area contributed by atoms with E-state index in [-0.39, 0.29) is 11.7 Å². The molecule has 2 fully saturated rings. The van der Waals surface area contributed by atoms with Crippen molar-refractivity contribution in [2.45, 2.75) is 103 Å². The fourth-order valence-electron chi connectivity index (χ4n) is 6.40. The van der Waals surface area contributed by atoms with E-state index in [1.807, 2.05) is 25.1 Å². The van der Waals surface area contributed by atoms with Crippen molar-refractivity contribution in [2.75, 3.05) is 6.61 Å². The second-order valence-electron chi connectivity index (χ2n) is 11.2. The first-order chi connectivity index (χ1) is 18.0. The van der Waals surface area contributed by atoms with Gasteiger partial charge in [0.2, 0.25) is 0 Å². The Bertz CT molecular complexity index is 1030. The average molecular weight is 513 g/mol. The van der Waals surface area contributed by atoms with Gasteiger partial charge in [-0.15, -0.1) is 0 Å². The second-order valence-corrected chi connectivity index (χ2v) is 11.2. The zero-order valence-electron chi connectivity index (χ0n) is 22.6. The summed E-state index contributed by atoms with van der Waals surface area (Å²) in [6.07, 6.45) is 16.9. The molecule has 0 aromatic heterocycles. The van der Waals surface area contributed by atoms with Crippen LogP contribution in [-0.2, 0) is 0 Å². The van der Waals surface area contributed by atoms with Crippen molar-refractivity contribution >= 4 is 6.08 Å². The van der Waals surface area contributed by atoms with E-state index in [0.29, 0.717) is 35.3 Å². The normalized spacial score (nSPS) is 24.5. The van der Waals surface area contributed by atoms with Gasteiger partial charge in [0.25, 0.3) is 0 Å². The molecular weight excluding hydrogens is 469 g/mol. The van der Waals surface area contributed by atoms with E-state index < -0.39 is 11.6 Å². The summed E-state index contributed by atoms with van der Waals surface area (Å²) in [5.41, 5.74) is 1.91. The summed E-state index contributed by atoms with van der Waals surface area (Å²) >= 11 is 0. The molecule has 0 bridgehead atoms. The molecule has 0 aliphatic heterocycles. The molecule has 4 rings (SSSR count). The summed E-state index contributed by atoms with van der Waals surface area (Å²) in [5.74, 6) is 0.175. The Morgan fingerprint density at radius 2 is 1.54 bits per heavy atom. The van der Waals surface area contributed by atoms with E-state index in [1.54, 1.807) is 24.3 Å². The highest BCUT2D eigenvalue weighted by atomic mass is 19.2. The lowest BCUT2D eigenvalue weighted by Crippen LogP contribution is -2.15. The van der Waals surface area contributed by atoms with E-state index in [4.69, 9.17) is 4.74 Å². The lowest BCUT2D eigenvalue weighted by Gasteiger charge is -2.29. The Hall–Kier alpha value is -2.23. The van der Waals surface area contributed by atoms with Gasteiger partial charge in [-0.3, -0.25) is 0 Å². The summed E-state index contributed by atoms with van der Waals surface area (Å²) in [7, 11) is 0. The number of allylic oxidation sites excluding steroid dienone is 1. The van der Waals surface area contributed by atoms with Crippen molar-refractivity contribution in [2.24, 2.45) is 11.8 Å². The van der Waals surface area contributed by atoms with Crippen LogP contribution in [0.4, 0.5) is 13.2 Å². The molecule has 4 heteroatoms. The Morgan fingerprint density at radius 3 is 2.22 bits per heavy atom. The molecule has 0 unspecified atom stereocenters. The summed E-state index contributed by atoms with van der Waals surface area (Å²) in [4.78, 5) is 0. The van der Waals surface area contributed by atoms with Gasteiger partial charge >= 0.3 is 0 Å². The Labute approximate surface area is 221 Å². The zero-order chi connectivity index (χ0) is 26.2. The van der Waals surface area contributed by atoms with Gasteiger partial charge in [0.15, 0.2) is 23.2 Å². The van der Waals surface area contributed by atoms with Crippen LogP contribution >= 0.6 is 0 Å². The summed E-state index contributed by atoms with van der Waals surface area (Å²) in [6, 6.07) is 8.86. The first-order valence-electron chi connectivity index (χ1n) is 14.6. The predicted molar refractivity (Wildman–Crippen MR) is 147 cm³/mol. The van der Waals surface area contributed by atoms with Crippen molar-refractivity contribution < 1.29 is 17.9 Å². The average Bonchev–Trinajstić information content (AvgIpc) is 2.92. The van der Waals surface area contributed by atoms with Crippen LogP contribution in [0.2, 0.25) is 0 Å². The standard InChI is InChI=1S/C33H43F3O/c1-3-5-6-7-23-10-15-26(16-11-23)29-20-18-27(32(35)33(29)36)17-12-24-8-13-25(14-9-24)28-19-21-31(37-4-2)30(34)22-28/h12,17-26H,3-11,13-16H2,1-2H3. The summed E-state index contributed by atoms with van der Waals surface area (Å²) < 4.78 is 49.6. The number of hydrogen-bond acceptors (Lipinski definition) is 1. The zero-order valence-corrected chi connectivity index (χ0v) is 22.6. The van der Waals surface area contributed by atoms with Gasteiger partial charge in [-0.1, -0.05) is 63.0 Å². The van der Waals surface area contributed by atoms with Crippen molar-refractivity contribution in [3.8, 4) is 5.75 Å². The number of ether oxygens (including phenoxy) is 1. The Morgan fingerprint density at radius 1 is 0.811 bits per heavy atom. The fraction of sp³-hybridized carbons (Fsp3) is 0.576. The summed E-state index contributed by atoms with van der Waals surface area (Å²) in [5, 5.41) is 0. The number of unbranched alkanes of at least 4 members (excludes halogenated alkanes) is 2. The van der Waals surface area contributed by atoms with Crippen LogP contribution in [0, 0.1) is 29.3 Å². The maximum Gasteiger partial charge on any atom is 0.166 e. The molecular formula is C33H43F3O. The molecule has 37 heavy (non-hydrogen) atoms. The number of rotatable bonds is 10. The van der Waals surface area contributed by atoms with Crippen LogP contribution in [0.1, 0.15) is 119 Å². The first-order valence-corrected chi connectivity index (χ1v) is 14.6. The monoisotopic (exact) mass is 512 g/mol. The van der Waals surface area contributed by atoms with E-state index in [1.165, 1.54) is 25.7 Å². The number of halogens is 3. The first kappa shape index (κ1) is 27.8. The molecule has 0 heterocycles. The van der Waals surface area contributed by atoms with Crippen molar-refractivity contribution in [1.82, 2.24) is 0 Å². The number of benzene rings is 2. The molecule has 0 radical (unpaired) electrons. The lowest BCUT2D eigenvalue weighted by atomic mass is 9.76. The Kier molecular flexibility index (Phi) is 10.2. The smallest absolute Gasteiger partial charge is 0.166 e. The molecule has 0 N–H and O–H groups in total. The van der Waals surface area contributed by atoms with Gasteiger partial charge in [0.05, 0.1) is 6.61 Å². The van der Waals surface area contributed by atoms with Gasteiger partial charge in [0, 0.05) is 5.56 Å². The quantitative estimate of drug-likeness (QED) is 0.288. The van der Waals surface area contributed by atoms with Gasteiger partial charge in [-0.25, -0.2) is 13.2 Å². The van der Waals surface area contributed by atoms with E-state index in [2.05, 4.69) is 6.92 Å². The molecule has 2 aromatic rings. The lowest BCUT2D eigenvalue weighted by molar-refractivity contribution is 0.298. The van der Waals surface area contributed by atoms with Crippen LogP contribution in [0.15, 0.2) is 36.4 Å². The van der Waals surface area contributed by atoms with Crippen LogP contribution in [0.5, 0.6) is 5.75 Å². The number of hydrogen-bond donors (Lipinski definition) is 0. The second kappa shape index (κ2) is 13.5. The van der Waals surface area contributed by atoms with Gasteiger partial charge in [-0.2, -0.15) is 0 Å². The third-order valence-corrected chi connectivity index (χ3v) is 8.69. The van der Waals surface area contributed by atoms with Gasteiger partial charge in [0.1, 0.15) is 0 Å². The van der Waals surface area contributed by atoms with E-state index in [0.717, 1.165) is 62.8 Å². The van der Waals surface area contributed by atoms with Gasteiger partial charge in [-0.05, 0) is 105 Å².